The van der Waals surface area contributed by atoms with Gasteiger partial charge in [-0.3, -0.25) is 9.59 Å². The zero-order chi connectivity index (χ0) is 21.7. The van der Waals surface area contributed by atoms with Crippen molar-refractivity contribution in [2.75, 3.05) is 11.9 Å². The van der Waals surface area contributed by atoms with Crippen molar-refractivity contribution in [1.82, 2.24) is 4.72 Å². The van der Waals surface area contributed by atoms with Gasteiger partial charge in [-0.2, -0.15) is 0 Å². The summed E-state index contributed by atoms with van der Waals surface area (Å²) in [6.45, 7) is 1.35. The summed E-state index contributed by atoms with van der Waals surface area (Å²) in [4.78, 5) is 25.2. The molecule has 0 atom stereocenters. The van der Waals surface area contributed by atoms with Crippen molar-refractivity contribution >= 4 is 39.0 Å². The number of rotatable bonds is 7. The number of sulfonamides is 1. The highest BCUT2D eigenvalue weighted by Gasteiger charge is 2.18. The number of halogens is 1. The number of hydrogen-bond acceptors (Lipinski definition) is 4. The van der Waals surface area contributed by atoms with Crippen molar-refractivity contribution in [2.24, 2.45) is 0 Å². The Labute approximate surface area is 179 Å². The van der Waals surface area contributed by atoms with Gasteiger partial charge in [0.05, 0.1) is 17.1 Å². The molecule has 8 heteroatoms. The summed E-state index contributed by atoms with van der Waals surface area (Å²) in [6.07, 6.45) is 0. The minimum Gasteiger partial charge on any atom is -0.324 e. The summed E-state index contributed by atoms with van der Waals surface area (Å²) in [7, 11) is -3.85. The van der Waals surface area contributed by atoms with Crippen molar-refractivity contribution in [1.29, 1.82) is 0 Å². The van der Waals surface area contributed by atoms with E-state index in [9.17, 15) is 18.0 Å². The highest BCUT2D eigenvalue weighted by molar-refractivity contribution is 7.89. The van der Waals surface area contributed by atoms with Crippen molar-refractivity contribution in [3.63, 3.8) is 0 Å². The Morgan fingerprint density at radius 1 is 0.933 bits per heavy atom. The first-order chi connectivity index (χ1) is 14.3. The average molecular weight is 443 g/mol. The van der Waals surface area contributed by atoms with Gasteiger partial charge in [0.1, 0.15) is 0 Å². The minimum atomic E-state index is -3.85. The van der Waals surface area contributed by atoms with Gasteiger partial charge in [0, 0.05) is 16.1 Å². The number of anilines is 1. The number of hydrogen-bond donors (Lipinski definition) is 2. The maximum atomic E-state index is 12.8. The van der Waals surface area contributed by atoms with Crippen LogP contribution in [0.2, 0.25) is 5.02 Å². The van der Waals surface area contributed by atoms with E-state index in [1.54, 1.807) is 48.5 Å². The lowest BCUT2D eigenvalue weighted by Crippen LogP contribution is -2.33. The maximum Gasteiger partial charge on any atom is 0.241 e. The van der Waals surface area contributed by atoms with Crippen LogP contribution in [0.25, 0.3) is 0 Å². The monoisotopic (exact) mass is 442 g/mol. The fraction of sp³-hybridized carbons (Fsp3) is 0.0909. The number of carbonyl (C=O) groups is 2. The summed E-state index contributed by atoms with van der Waals surface area (Å²) >= 11 is 6.02. The van der Waals surface area contributed by atoms with Crippen LogP contribution in [0.3, 0.4) is 0 Å². The quantitative estimate of drug-likeness (QED) is 0.544. The Morgan fingerprint density at radius 3 is 2.27 bits per heavy atom. The average Bonchev–Trinajstić information content (AvgIpc) is 2.73. The van der Waals surface area contributed by atoms with E-state index >= 15 is 0 Å². The third-order valence-electron chi connectivity index (χ3n) is 4.29. The molecule has 0 unspecified atom stereocenters. The van der Waals surface area contributed by atoms with E-state index in [1.807, 2.05) is 6.92 Å². The number of carbonyl (C=O) groups excluding carboxylic acids is 2. The fourth-order valence-corrected chi connectivity index (χ4v) is 3.87. The molecule has 0 aliphatic rings. The third kappa shape index (κ3) is 5.33. The van der Waals surface area contributed by atoms with Gasteiger partial charge in [-0.05, 0) is 37.3 Å². The van der Waals surface area contributed by atoms with Crippen LogP contribution in [0, 0.1) is 6.92 Å². The second-order valence-corrected chi connectivity index (χ2v) is 8.77. The highest BCUT2D eigenvalue weighted by Crippen LogP contribution is 2.24. The molecule has 0 heterocycles. The number of aryl methyl sites for hydroxylation is 1. The normalized spacial score (nSPS) is 11.1. The number of benzene rings is 3. The first kappa shape index (κ1) is 21.7. The molecule has 3 aromatic carbocycles. The number of nitrogens with one attached hydrogen (secondary N) is 2. The van der Waals surface area contributed by atoms with Crippen LogP contribution >= 0.6 is 11.6 Å². The Morgan fingerprint density at radius 2 is 1.60 bits per heavy atom. The summed E-state index contributed by atoms with van der Waals surface area (Å²) in [5.41, 5.74) is 1.83. The summed E-state index contributed by atoms with van der Waals surface area (Å²) in [6, 6.07) is 19.4. The predicted octanol–water partition coefficient (Wildman–Crippen LogP) is 3.80. The molecule has 0 aliphatic heterocycles. The van der Waals surface area contributed by atoms with Crippen molar-refractivity contribution < 1.29 is 18.0 Å². The van der Waals surface area contributed by atoms with E-state index in [4.69, 9.17) is 11.6 Å². The fourth-order valence-electron chi connectivity index (χ4n) is 2.72. The molecule has 3 rings (SSSR count). The summed E-state index contributed by atoms with van der Waals surface area (Å²) in [5, 5.41) is 2.89. The van der Waals surface area contributed by atoms with Crippen LogP contribution in [0.15, 0.2) is 77.7 Å². The smallest absolute Gasteiger partial charge is 0.241 e. The first-order valence-electron chi connectivity index (χ1n) is 9.02. The molecular formula is C22H19ClN2O4S. The van der Waals surface area contributed by atoms with Gasteiger partial charge in [0.25, 0.3) is 0 Å². The second-order valence-electron chi connectivity index (χ2n) is 6.57. The van der Waals surface area contributed by atoms with Gasteiger partial charge < -0.3 is 5.32 Å². The molecule has 0 saturated heterocycles. The number of ketones is 1. The van der Waals surface area contributed by atoms with Gasteiger partial charge in [0.15, 0.2) is 5.78 Å². The lowest BCUT2D eigenvalue weighted by atomic mass is 10.0. The molecule has 6 nitrogen and oxygen atoms in total. The molecule has 0 saturated carbocycles. The minimum absolute atomic E-state index is 0.0589. The predicted molar refractivity (Wildman–Crippen MR) is 116 cm³/mol. The van der Waals surface area contributed by atoms with Crippen LogP contribution in [0.1, 0.15) is 21.5 Å². The summed E-state index contributed by atoms with van der Waals surface area (Å²) in [5.74, 6) is -0.919. The molecule has 1 amide bonds. The van der Waals surface area contributed by atoms with E-state index < -0.39 is 22.5 Å². The van der Waals surface area contributed by atoms with Crippen LogP contribution in [-0.2, 0) is 14.8 Å². The topological polar surface area (TPSA) is 92.3 Å². The molecule has 0 aliphatic carbocycles. The first-order valence-corrected chi connectivity index (χ1v) is 10.9. The van der Waals surface area contributed by atoms with Gasteiger partial charge in [-0.1, -0.05) is 59.6 Å². The van der Waals surface area contributed by atoms with E-state index in [0.29, 0.717) is 10.6 Å². The Bertz CT molecular complexity index is 1180. The standard InChI is InChI=1S/C22H19ClN2O4S/c1-15-7-10-18(11-8-15)30(28,29)24-14-21(26)25-20-13-17(23)9-12-19(20)22(27)16-5-3-2-4-6-16/h2-13,24H,14H2,1H3,(H,25,26). The molecule has 0 aromatic heterocycles. The van der Waals surface area contributed by atoms with E-state index in [-0.39, 0.29) is 21.9 Å². The van der Waals surface area contributed by atoms with Crippen LogP contribution in [0.4, 0.5) is 5.69 Å². The zero-order valence-electron chi connectivity index (χ0n) is 16.1. The van der Waals surface area contributed by atoms with Crippen LogP contribution in [0.5, 0.6) is 0 Å². The van der Waals surface area contributed by atoms with Crippen molar-refractivity contribution in [2.45, 2.75) is 11.8 Å². The van der Waals surface area contributed by atoms with Gasteiger partial charge in [-0.15, -0.1) is 0 Å². The molecule has 0 fully saturated rings. The Hall–Kier alpha value is -3.00. The number of amides is 1. The van der Waals surface area contributed by atoms with E-state index in [2.05, 4.69) is 10.0 Å². The molecule has 154 valence electrons. The SMILES string of the molecule is Cc1ccc(S(=O)(=O)NCC(=O)Nc2cc(Cl)ccc2C(=O)c2ccccc2)cc1. The molecule has 0 spiro atoms. The Kier molecular flexibility index (Phi) is 6.66. The largest absolute Gasteiger partial charge is 0.324 e. The Balaban J connectivity index is 1.74. The van der Waals surface area contributed by atoms with Crippen LogP contribution < -0.4 is 10.0 Å². The van der Waals surface area contributed by atoms with E-state index in [1.165, 1.54) is 24.3 Å². The van der Waals surface area contributed by atoms with Crippen LogP contribution in [-0.4, -0.2) is 26.7 Å². The van der Waals surface area contributed by atoms with Gasteiger partial charge >= 0.3 is 0 Å². The third-order valence-corrected chi connectivity index (χ3v) is 5.94. The molecular weight excluding hydrogens is 424 g/mol. The molecule has 0 bridgehead atoms. The highest BCUT2D eigenvalue weighted by atomic mass is 35.5. The summed E-state index contributed by atoms with van der Waals surface area (Å²) < 4.78 is 26.9. The van der Waals surface area contributed by atoms with E-state index in [0.717, 1.165) is 5.56 Å². The zero-order valence-corrected chi connectivity index (χ0v) is 17.6. The lowest BCUT2D eigenvalue weighted by Gasteiger charge is -2.12. The maximum absolute atomic E-state index is 12.8. The molecule has 3 aromatic rings. The van der Waals surface area contributed by atoms with Gasteiger partial charge in [-0.25, -0.2) is 13.1 Å². The van der Waals surface area contributed by atoms with Gasteiger partial charge in [0.2, 0.25) is 15.9 Å². The second kappa shape index (κ2) is 9.21. The molecule has 30 heavy (non-hydrogen) atoms. The van der Waals surface area contributed by atoms with Crippen molar-refractivity contribution in [3.05, 3.63) is 94.5 Å². The molecule has 0 radical (unpaired) electrons. The van der Waals surface area contributed by atoms with Crippen molar-refractivity contribution in [3.8, 4) is 0 Å². The lowest BCUT2D eigenvalue weighted by molar-refractivity contribution is -0.115. The molecule has 2 N–H and O–H groups in total.